The van der Waals surface area contributed by atoms with Crippen LogP contribution in [-0.2, 0) is 9.59 Å². The number of likely N-dealkylation sites (N-methyl/N-ethyl adjacent to an activating group) is 1. The summed E-state index contributed by atoms with van der Waals surface area (Å²) in [6, 6.07) is 0. The highest BCUT2D eigenvalue weighted by molar-refractivity contribution is 6.01. The summed E-state index contributed by atoms with van der Waals surface area (Å²) in [4.78, 5) is 24.2. The summed E-state index contributed by atoms with van der Waals surface area (Å²) < 4.78 is 0. The molecule has 0 aromatic rings. The van der Waals surface area contributed by atoms with E-state index in [0.29, 0.717) is 17.4 Å². The number of hydrogen-bond donors (Lipinski definition) is 1. The highest BCUT2D eigenvalue weighted by Gasteiger charge is 2.34. The van der Waals surface area contributed by atoms with Crippen LogP contribution in [0.25, 0.3) is 0 Å². The first-order valence-electron chi connectivity index (χ1n) is 5.50. The Morgan fingerprint density at radius 3 is 2.19 bits per heavy atom. The Kier molecular flexibility index (Phi) is 3.73. The van der Waals surface area contributed by atoms with Crippen molar-refractivity contribution in [1.82, 2.24) is 4.90 Å². The van der Waals surface area contributed by atoms with Crippen molar-refractivity contribution in [3.05, 3.63) is 11.1 Å². The molecule has 4 heteroatoms. The molecule has 0 saturated heterocycles. The molecular formula is C12H19NO3. The molecule has 1 amide bonds. The first-order chi connectivity index (χ1) is 7.34. The van der Waals surface area contributed by atoms with Crippen molar-refractivity contribution in [2.45, 2.75) is 27.2 Å². The van der Waals surface area contributed by atoms with E-state index >= 15 is 0 Å². The number of carboxylic acid groups (broad SMARTS) is 1. The smallest absolute Gasteiger partial charge is 0.331 e. The molecule has 1 aliphatic carbocycles. The van der Waals surface area contributed by atoms with E-state index < -0.39 is 5.97 Å². The van der Waals surface area contributed by atoms with E-state index in [9.17, 15) is 9.59 Å². The number of rotatable bonds is 4. The van der Waals surface area contributed by atoms with Crippen LogP contribution in [0.5, 0.6) is 0 Å². The van der Waals surface area contributed by atoms with E-state index in [2.05, 4.69) is 6.92 Å². The minimum atomic E-state index is -1.03. The lowest BCUT2D eigenvalue weighted by Crippen LogP contribution is -2.30. The predicted octanol–water partition coefficient (Wildman–Crippen LogP) is 1.52. The maximum absolute atomic E-state index is 11.9. The van der Waals surface area contributed by atoms with E-state index in [0.717, 1.165) is 13.0 Å². The molecule has 1 N–H and O–H groups in total. The molecule has 1 fully saturated rings. The lowest BCUT2D eigenvalue weighted by molar-refractivity contribution is -0.133. The minimum Gasteiger partial charge on any atom is -0.478 e. The number of nitrogens with zero attached hydrogens (tertiary/aromatic N) is 1. The fourth-order valence-electron chi connectivity index (χ4n) is 1.70. The maximum Gasteiger partial charge on any atom is 0.331 e. The zero-order valence-electron chi connectivity index (χ0n) is 10.3. The Morgan fingerprint density at radius 1 is 1.31 bits per heavy atom. The molecule has 0 bridgehead atoms. The first kappa shape index (κ1) is 12.7. The third-order valence-corrected chi connectivity index (χ3v) is 3.34. The Morgan fingerprint density at radius 2 is 1.81 bits per heavy atom. The van der Waals surface area contributed by atoms with Gasteiger partial charge in [0.2, 0.25) is 5.91 Å². The maximum atomic E-state index is 11.9. The summed E-state index contributed by atoms with van der Waals surface area (Å²) in [5, 5.41) is 8.79. The van der Waals surface area contributed by atoms with Crippen LogP contribution in [0.3, 0.4) is 0 Å². The molecule has 0 radical (unpaired) electrons. The molecule has 0 spiro atoms. The van der Waals surface area contributed by atoms with Gasteiger partial charge in [-0.3, -0.25) is 4.79 Å². The zero-order valence-corrected chi connectivity index (χ0v) is 10.3. The molecule has 1 saturated carbocycles. The third-order valence-electron chi connectivity index (χ3n) is 3.34. The number of hydrogen-bond acceptors (Lipinski definition) is 2. The van der Waals surface area contributed by atoms with E-state index in [1.165, 1.54) is 6.92 Å². The van der Waals surface area contributed by atoms with Crippen LogP contribution in [-0.4, -0.2) is 35.5 Å². The van der Waals surface area contributed by atoms with Gasteiger partial charge in [-0.1, -0.05) is 6.92 Å². The second-order valence-electron chi connectivity index (χ2n) is 4.71. The molecule has 0 aliphatic heterocycles. The minimum absolute atomic E-state index is 0.126. The number of carbonyl (C=O) groups is 2. The summed E-state index contributed by atoms with van der Waals surface area (Å²) in [5.41, 5.74) is 0.448. The molecular weight excluding hydrogens is 206 g/mol. The molecule has 90 valence electrons. The summed E-state index contributed by atoms with van der Waals surface area (Å²) in [6.07, 6.45) is 1.16. The lowest BCUT2D eigenvalue weighted by atomic mass is 10.1. The van der Waals surface area contributed by atoms with Gasteiger partial charge < -0.3 is 10.0 Å². The molecule has 4 nitrogen and oxygen atoms in total. The SMILES string of the molecule is CC(C(=O)O)=C(C)C(=O)N(C)CC1CC1C. The largest absolute Gasteiger partial charge is 0.478 e. The number of carboxylic acids is 1. The van der Waals surface area contributed by atoms with Crippen molar-refractivity contribution in [3.63, 3.8) is 0 Å². The van der Waals surface area contributed by atoms with Crippen LogP contribution < -0.4 is 0 Å². The number of amides is 1. The Bertz CT molecular complexity index is 346. The second kappa shape index (κ2) is 4.68. The van der Waals surface area contributed by atoms with Gasteiger partial charge in [-0.05, 0) is 32.1 Å². The van der Waals surface area contributed by atoms with Gasteiger partial charge in [-0.25, -0.2) is 4.79 Å². The molecule has 2 unspecified atom stereocenters. The standard InChI is InChI=1S/C12H19NO3/c1-7-5-10(7)6-13(4)11(14)8(2)9(3)12(15)16/h7,10H,5-6H2,1-4H3,(H,15,16). The summed E-state index contributed by atoms with van der Waals surface area (Å²) >= 11 is 0. The van der Waals surface area contributed by atoms with Crippen molar-refractivity contribution >= 4 is 11.9 Å². The first-order valence-corrected chi connectivity index (χ1v) is 5.50. The van der Waals surface area contributed by atoms with Gasteiger partial charge in [0.15, 0.2) is 0 Å². The van der Waals surface area contributed by atoms with Crippen LogP contribution in [0, 0.1) is 11.8 Å². The van der Waals surface area contributed by atoms with Gasteiger partial charge in [0, 0.05) is 24.7 Å². The Balaban J connectivity index is 2.62. The van der Waals surface area contributed by atoms with Gasteiger partial charge in [0.05, 0.1) is 0 Å². The summed E-state index contributed by atoms with van der Waals surface area (Å²) in [6.45, 7) is 5.92. The highest BCUT2D eigenvalue weighted by Crippen LogP contribution is 2.38. The molecule has 1 aliphatic rings. The number of carbonyl (C=O) groups excluding carboxylic acids is 1. The van der Waals surface area contributed by atoms with Gasteiger partial charge >= 0.3 is 5.97 Å². The molecule has 0 heterocycles. The van der Waals surface area contributed by atoms with Gasteiger partial charge in [0.25, 0.3) is 0 Å². The average molecular weight is 225 g/mol. The third kappa shape index (κ3) is 2.84. The zero-order chi connectivity index (χ0) is 12.5. The van der Waals surface area contributed by atoms with Crippen LogP contribution >= 0.6 is 0 Å². The van der Waals surface area contributed by atoms with Crippen LogP contribution in [0.2, 0.25) is 0 Å². The van der Waals surface area contributed by atoms with Gasteiger partial charge in [0.1, 0.15) is 0 Å². The van der Waals surface area contributed by atoms with Crippen molar-refractivity contribution < 1.29 is 14.7 Å². The fourth-order valence-corrected chi connectivity index (χ4v) is 1.70. The highest BCUT2D eigenvalue weighted by atomic mass is 16.4. The second-order valence-corrected chi connectivity index (χ2v) is 4.71. The van der Waals surface area contributed by atoms with Crippen LogP contribution in [0.1, 0.15) is 27.2 Å². The topological polar surface area (TPSA) is 57.6 Å². The molecule has 0 aromatic carbocycles. The van der Waals surface area contributed by atoms with Crippen molar-refractivity contribution in [2.75, 3.05) is 13.6 Å². The normalized spacial score (nSPS) is 24.8. The average Bonchev–Trinajstić information content (AvgIpc) is 2.90. The van der Waals surface area contributed by atoms with Crippen molar-refractivity contribution in [2.24, 2.45) is 11.8 Å². The Hall–Kier alpha value is -1.32. The molecule has 0 aromatic heterocycles. The Labute approximate surface area is 95.9 Å². The fraction of sp³-hybridized carbons (Fsp3) is 0.667. The van der Waals surface area contributed by atoms with Crippen LogP contribution in [0.15, 0.2) is 11.1 Å². The molecule has 16 heavy (non-hydrogen) atoms. The van der Waals surface area contributed by atoms with E-state index in [-0.39, 0.29) is 11.5 Å². The monoisotopic (exact) mass is 225 g/mol. The predicted molar refractivity (Wildman–Crippen MR) is 60.9 cm³/mol. The lowest BCUT2D eigenvalue weighted by Gasteiger charge is -2.18. The number of aliphatic carboxylic acids is 1. The van der Waals surface area contributed by atoms with E-state index in [1.807, 2.05) is 0 Å². The van der Waals surface area contributed by atoms with Gasteiger partial charge in [-0.2, -0.15) is 0 Å². The summed E-state index contributed by atoms with van der Waals surface area (Å²) in [5.74, 6) is 0.0741. The van der Waals surface area contributed by atoms with Crippen molar-refractivity contribution in [3.8, 4) is 0 Å². The van der Waals surface area contributed by atoms with Crippen molar-refractivity contribution in [1.29, 1.82) is 0 Å². The van der Waals surface area contributed by atoms with Crippen LogP contribution in [0.4, 0.5) is 0 Å². The van der Waals surface area contributed by atoms with Gasteiger partial charge in [-0.15, -0.1) is 0 Å². The molecule has 1 rings (SSSR count). The van der Waals surface area contributed by atoms with E-state index in [4.69, 9.17) is 5.11 Å². The quantitative estimate of drug-likeness (QED) is 0.738. The van der Waals surface area contributed by atoms with E-state index in [1.54, 1.807) is 18.9 Å². The summed E-state index contributed by atoms with van der Waals surface area (Å²) in [7, 11) is 1.73. The molecule has 2 atom stereocenters.